The van der Waals surface area contributed by atoms with Crippen LogP contribution in [-0.4, -0.2) is 39.0 Å². The molecule has 1 aromatic carbocycles. The molecule has 1 aromatic rings. The van der Waals surface area contributed by atoms with Crippen molar-refractivity contribution in [3.8, 4) is 5.75 Å². The van der Waals surface area contributed by atoms with Crippen LogP contribution in [0.3, 0.4) is 0 Å². The summed E-state index contributed by atoms with van der Waals surface area (Å²) in [4.78, 5) is 0. The first-order valence-corrected chi connectivity index (χ1v) is 9.46. The van der Waals surface area contributed by atoms with Crippen LogP contribution in [0.5, 0.6) is 5.75 Å². The standard InChI is InChI=1S/C16H26N2O3S/c1-3-9-18(10-4-2)22(19,20)17-12-14-11-15-7-5-6-8-16(15)21-13-14/h5-8,14,17H,3-4,9-13H2,1-2H3. The van der Waals surface area contributed by atoms with Gasteiger partial charge in [-0.3, -0.25) is 0 Å². The smallest absolute Gasteiger partial charge is 0.279 e. The molecule has 0 saturated carbocycles. The molecule has 1 N–H and O–H groups in total. The molecule has 1 aliphatic heterocycles. The number of benzene rings is 1. The summed E-state index contributed by atoms with van der Waals surface area (Å²) < 4.78 is 34.7. The largest absolute Gasteiger partial charge is 0.493 e. The van der Waals surface area contributed by atoms with Crippen molar-refractivity contribution in [2.75, 3.05) is 26.2 Å². The molecular formula is C16H26N2O3S. The lowest BCUT2D eigenvalue weighted by Gasteiger charge is -2.27. The molecule has 2 rings (SSSR count). The van der Waals surface area contributed by atoms with E-state index in [1.54, 1.807) is 0 Å². The molecule has 0 radical (unpaired) electrons. The Morgan fingerprint density at radius 1 is 1.23 bits per heavy atom. The van der Waals surface area contributed by atoms with E-state index in [9.17, 15) is 8.42 Å². The second-order valence-electron chi connectivity index (χ2n) is 5.74. The molecule has 22 heavy (non-hydrogen) atoms. The van der Waals surface area contributed by atoms with E-state index in [1.807, 2.05) is 38.1 Å². The van der Waals surface area contributed by atoms with Crippen molar-refractivity contribution in [2.45, 2.75) is 33.1 Å². The second-order valence-corrected chi connectivity index (χ2v) is 7.50. The lowest BCUT2D eigenvalue weighted by Crippen LogP contribution is -2.44. The Labute approximate surface area is 133 Å². The molecule has 0 spiro atoms. The molecule has 1 atom stereocenters. The van der Waals surface area contributed by atoms with Crippen LogP contribution in [0.2, 0.25) is 0 Å². The van der Waals surface area contributed by atoms with Crippen molar-refractivity contribution in [3.05, 3.63) is 29.8 Å². The van der Waals surface area contributed by atoms with Crippen molar-refractivity contribution in [1.82, 2.24) is 9.03 Å². The van der Waals surface area contributed by atoms with Gasteiger partial charge >= 0.3 is 0 Å². The van der Waals surface area contributed by atoms with E-state index >= 15 is 0 Å². The topological polar surface area (TPSA) is 58.6 Å². The summed E-state index contributed by atoms with van der Waals surface area (Å²) in [7, 11) is -3.40. The maximum Gasteiger partial charge on any atom is 0.279 e. The minimum atomic E-state index is -3.40. The van der Waals surface area contributed by atoms with Crippen LogP contribution in [0.15, 0.2) is 24.3 Å². The van der Waals surface area contributed by atoms with E-state index in [0.717, 1.165) is 30.6 Å². The fourth-order valence-corrected chi connectivity index (χ4v) is 4.16. The molecule has 124 valence electrons. The van der Waals surface area contributed by atoms with E-state index in [2.05, 4.69) is 4.72 Å². The number of nitrogens with one attached hydrogen (secondary N) is 1. The highest BCUT2D eigenvalue weighted by Gasteiger charge is 2.24. The third-order valence-electron chi connectivity index (χ3n) is 3.80. The zero-order valence-electron chi connectivity index (χ0n) is 13.4. The molecule has 6 heteroatoms. The van der Waals surface area contributed by atoms with Crippen LogP contribution < -0.4 is 9.46 Å². The quantitative estimate of drug-likeness (QED) is 0.797. The summed E-state index contributed by atoms with van der Waals surface area (Å²) in [6.45, 7) is 6.08. The first-order chi connectivity index (χ1) is 10.6. The Kier molecular flexibility index (Phi) is 6.23. The van der Waals surface area contributed by atoms with Crippen LogP contribution in [0.4, 0.5) is 0 Å². The average Bonchev–Trinajstić information content (AvgIpc) is 2.52. The fourth-order valence-electron chi connectivity index (χ4n) is 2.69. The van der Waals surface area contributed by atoms with Gasteiger partial charge in [-0.15, -0.1) is 0 Å². The second kappa shape index (κ2) is 7.94. The van der Waals surface area contributed by atoms with Crippen LogP contribution in [-0.2, 0) is 16.6 Å². The van der Waals surface area contributed by atoms with Gasteiger partial charge in [0.1, 0.15) is 5.75 Å². The Morgan fingerprint density at radius 3 is 2.59 bits per heavy atom. The SMILES string of the molecule is CCCN(CCC)S(=O)(=O)NCC1COc2ccccc2C1. The number of hydrogen-bond donors (Lipinski definition) is 1. The number of hydrogen-bond acceptors (Lipinski definition) is 3. The molecule has 1 aliphatic rings. The lowest BCUT2D eigenvalue weighted by molar-refractivity contribution is 0.222. The van der Waals surface area contributed by atoms with Crippen molar-refractivity contribution < 1.29 is 13.2 Å². The van der Waals surface area contributed by atoms with Crippen molar-refractivity contribution in [3.63, 3.8) is 0 Å². The number of rotatable bonds is 8. The lowest BCUT2D eigenvalue weighted by atomic mass is 9.97. The van der Waals surface area contributed by atoms with Crippen LogP contribution in [0, 0.1) is 5.92 Å². The Hall–Kier alpha value is -1.11. The molecule has 0 amide bonds. The first-order valence-electron chi connectivity index (χ1n) is 8.02. The molecule has 1 heterocycles. The third-order valence-corrected chi connectivity index (χ3v) is 5.37. The van der Waals surface area contributed by atoms with Gasteiger partial charge in [-0.25, -0.2) is 4.72 Å². The predicted octanol–water partition coefficient (Wildman–Crippen LogP) is 2.19. The molecule has 0 aliphatic carbocycles. The summed E-state index contributed by atoms with van der Waals surface area (Å²) in [6, 6.07) is 7.94. The molecular weight excluding hydrogens is 300 g/mol. The summed E-state index contributed by atoms with van der Waals surface area (Å²) >= 11 is 0. The third kappa shape index (κ3) is 4.44. The number of fused-ring (bicyclic) bond motifs is 1. The van der Waals surface area contributed by atoms with Gasteiger partial charge in [-0.2, -0.15) is 12.7 Å². The summed E-state index contributed by atoms with van der Waals surface area (Å²) in [5.74, 6) is 1.09. The van der Waals surface area contributed by atoms with Gasteiger partial charge in [0.25, 0.3) is 10.2 Å². The summed E-state index contributed by atoms with van der Waals surface area (Å²) in [5.41, 5.74) is 1.15. The highest BCUT2D eigenvalue weighted by atomic mass is 32.2. The van der Waals surface area contributed by atoms with Gasteiger partial charge in [-0.1, -0.05) is 32.0 Å². The van der Waals surface area contributed by atoms with Crippen molar-refractivity contribution >= 4 is 10.2 Å². The summed E-state index contributed by atoms with van der Waals surface area (Å²) in [6.07, 6.45) is 2.49. The van der Waals surface area contributed by atoms with Gasteiger partial charge in [0.05, 0.1) is 6.61 Å². The Balaban J connectivity index is 1.92. The number of ether oxygens (including phenoxy) is 1. The molecule has 0 saturated heterocycles. The average molecular weight is 326 g/mol. The van der Waals surface area contributed by atoms with E-state index in [4.69, 9.17) is 4.74 Å². The molecule has 1 unspecified atom stereocenters. The fraction of sp³-hybridized carbons (Fsp3) is 0.625. The van der Waals surface area contributed by atoms with Gasteiger partial charge in [-0.05, 0) is 30.9 Å². The Bertz CT molecular complexity index is 569. The number of nitrogens with zero attached hydrogens (tertiary/aromatic N) is 1. The van der Waals surface area contributed by atoms with Gasteiger partial charge in [0.15, 0.2) is 0 Å². The molecule has 0 bridgehead atoms. The molecule has 5 nitrogen and oxygen atoms in total. The highest BCUT2D eigenvalue weighted by Crippen LogP contribution is 2.26. The molecule has 0 fully saturated rings. The zero-order chi connectivity index (χ0) is 16.0. The minimum Gasteiger partial charge on any atom is -0.493 e. The van der Waals surface area contributed by atoms with E-state index in [-0.39, 0.29) is 5.92 Å². The zero-order valence-corrected chi connectivity index (χ0v) is 14.2. The van der Waals surface area contributed by atoms with E-state index < -0.39 is 10.2 Å². The van der Waals surface area contributed by atoms with Crippen molar-refractivity contribution in [1.29, 1.82) is 0 Å². The van der Waals surface area contributed by atoms with E-state index in [1.165, 1.54) is 4.31 Å². The van der Waals surface area contributed by atoms with Crippen LogP contribution in [0.1, 0.15) is 32.3 Å². The number of para-hydroxylation sites is 1. The van der Waals surface area contributed by atoms with Gasteiger partial charge in [0.2, 0.25) is 0 Å². The maximum atomic E-state index is 12.4. The highest BCUT2D eigenvalue weighted by molar-refractivity contribution is 7.87. The molecule has 0 aromatic heterocycles. The van der Waals surface area contributed by atoms with E-state index in [0.29, 0.717) is 26.2 Å². The van der Waals surface area contributed by atoms with Gasteiger partial charge < -0.3 is 4.74 Å². The minimum absolute atomic E-state index is 0.176. The summed E-state index contributed by atoms with van der Waals surface area (Å²) in [5, 5.41) is 0. The van der Waals surface area contributed by atoms with Crippen LogP contribution >= 0.6 is 0 Å². The normalized spacial score (nSPS) is 18.0. The van der Waals surface area contributed by atoms with Crippen LogP contribution in [0.25, 0.3) is 0 Å². The van der Waals surface area contributed by atoms with Gasteiger partial charge in [0, 0.05) is 25.6 Å². The maximum absolute atomic E-state index is 12.4. The first kappa shape index (κ1) is 17.2. The predicted molar refractivity (Wildman–Crippen MR) is 88.2 cm³/mol. The Morgan fingerprint density at radius 2 is 1.91 bits per heavy atom. The van der Waals surface area contributed by atoms with Crippen molar-refractivity contribution in [2.24, 2.45) is 5.92 Å². The monoisotopic (exact) mass is 326 g/mol.